The molecule has 1 heterocycles. The number of rotatable bonds is 3. The molecule has 23 heavy (non-hydrogen) atoms. The van der Waals surface area contributed by atoms with Crippen LogP contribution in [0, 0.1) is 12.7 Å². The summed E-state index contributed by atoms with van der Waals surface area (Å²) in [6.07, 6.45) is 1.64. The number of thioether (sulfide) groups is 1. The highest BCUT2D eigenvalue weighted by Crippen LogP contribution is 2.32. The summed E-state index contributed by atoms with van der Waals surface area (Å²) in [6, 6.07) is 12.9. The lowest BCUT2D eigenvalue weighted by molar-refractivity contribution is -0.115. The molecule has 1 N–H and O–H groups in total. The lowest BCUT2D eigenvalue weighted by Crippen LogP contribution is -2.17. The first-order valence-electron chi connectivity index (χ1n) is 6.80. The molecule has 1 aliphatic heterocycles. The van der Waals surface area contributed by atoms with Gasteiger partial charge in [-0.05, 0) is 42.8 Å². The van der Waals surface area contributed by atoms with Crippen molar-refractivity contribution in [1.82, 2.24) is 5.32 Å². The predicted molar refractivity (Wildman–Crippen MR) is 98.0 cm³/mol. The Balaban J connectivity index is 1.81. The molecule has 0 unspecified atom stereocenters. The maximum absolute atomic E-state index is 14.3. The van der Waals surface area contributed by atoms with Crippen LogP contribution in [0.1, 0.15) is 11.1 Å². The summed E-state index contributed by atoms with van der Waals surface area (Å²) in [5.74, 6) is -0.547. The van der Waals surface area contributed by atoms with Gasteiger partial charge in [-0.15, -0.1) is 0 Å². The molecule has 0 saturated carbocycles. The van der Waals surface area contributed by atoms with Gasteiger partial charge in [-0.2, -0.15) is 0 Å². The minimum absolute atomic E-state index is 0.237. The van der Waals surface area contributed by atoms with Gasteiger partial charge in [0.1, 0.15) is 10.1 Å². The quantitative estimate of drug-likeness (QED) is 0.630. The topological polar surface area (TPSA) is 29.1 Å². The fraction of sp³-hybridized carbons (Fsp3) is 0.0588. The van der Waals surface area contributed by atoms with Crippen LogP contribution < -0.4 is 5.32 Å². The molecule has 1 fully saturated rings. The van der Waals surface area contributed by atoms with E-state index in [0.717, 1.165) is 4.90 Å². The molecule has 116 valence electrons. The van der Waals surface area contributed by atoms with Crippen molar-refractivity contribution in [2.45, 2.75) is 16.7 Å². The number of benzene rings is 2. The number of thiocarbonyl (C=S) groups is 1. The van der Waals surface area contributed by atoms with Crippen LogP contribution in [0.15, 0.2) is 57.2 Å². The lowest BCUT2D eigenvalue weighted by atomic mass is 10.2. The Labute approximate surface area is 147 Å². The Kier molecular flexibility index (Phi) is 4.84. The second-order valence-electron chi connectivity index (χ2n) is 4.96. The molecule has 0 spiro atoms. The minimum atomic E-state index is -0.309. The van der Waals surface area contributed by atoms with E-state index in [-0.39, 0.29) is 11.7 Å². The molecular formula is C17H12FNOS3. The second kappa shape index (κ2) is 6.86. The highest BCUT2D eigenvalue weighted by atomic mass is 32.2. The van der Waals surface area contributed by atoms with Gasteiger partial charge in [0, 0.05) is 9.79 Å². The van der Waals surface area contributed by atoms with Gasteiger partial charge in [-0.3, -0.25) is 4.79 Å². The van der Waals surface area contributed by atoms with Crippen LogP contribution in [0.25, 0.3) is 6.08 Å². The molecule has 0 aliphatic carbocycles. The maximum Gasteiger partial charge on any atom is 0.263 e. The molecule has 2 aromatic carbocycles. The smallest absolute Gasteiger partial charge is 0.263 e. The molecule has 0 atom stereocenters. The van der Waals surface area contributed by atoms with E-state index in [1.54, 1.807) is 18.2 Å². The Morgan fingerprint density at radius 1 is 1.22 bits per heavy atom. The number of aryl methyl sites for hydroxylation is 1. The van der Waals surface area contributed by atoms with Crippen molar-refractivity contribution in [1.29, 1.82) is 0 Å². The summed E-state index contributed by atoms with van der Waals surface area (Å²) >= 11 is 7.49. The van der Waals surface area contributed by atoms with E-state index in [1.165, 1.54) is 35.2 Å². The molecule has 1 saturated heterocycles. The van der Waals surface area contributed by atoms with Crippen molar-refractivity contribution in [3.05, 3.63) is 64.3 Å². The van der Waals surface area contributed by atoms with Gasteiger partial charge in [-0.1, -0.05) is 59.5 Å². The normalized spacial score (nSPS) is 16.0. The number of halogens is 1. The van der Waals surface area contributed by atoms with Crippen molar-refractivity contribution >= 4 is 52.0 Å². The van der Waals surface area contributed by atoms with Gasteiger partial charge in [0.15, 0.2) is 0 Å². The molecule has 2 aromatic rings. The van der Waals surface area contributed by atoms with Crippen molar-refractivity contribution in [2.24, 2.45) is 0 Å². The summed E-state index contributed by atoms with van der Waals surface area (Å²) in [5, 5.41) is 2.54. The Hall–Kier alpha value is -1.63. The first-order valence-corrected chi connectivity index (χ1v) is 8.84. The predicted octanol–water partition coefficient (Wildman–Crippen LogP) is 4.77. The van der Waals surface area contributed by atoms with Crippen molar-refractivity contribution in [3.8, 4) is 0 Å². The number of nitrogens with one attached hydrogen (secondary N) is 1. The maximum atomic E-state index is 14.3. The standard InChI is InChI=1S/C17H12FNOS3/c1-10-2-5-12(6-3-10)22-14-7-4-11(8-13(14)18)9-15-16(20)19-17(21)23-15/h2-9H,1H3,(H,19,20,21)/b15-9-. The van der Waals surface area contributed by atoms with E-state index in [2.05, 4.69) is 5.32 Å². The summed E-state index contributed by atoms with van der Waals surface area (Å²) in [7, 11) is 0. The minimum Gasteiger partial charge on any atom is -0.307 e. The molecular weight excluding hydrogens is 349 g/mol. The molecule has 0 radical (unpaired) electrons. The molecule has 6 heteroatoms. The van der Waals surface area contributed by atoms with Crippen LogP contribution in [-0.2, 0) is 4.79 Å². The highest BCUT2D eigenvalue weighted by molar-refractivity contribution is 8.26. The highest BCUT2D eigenvalue weighted by Gasteiger charge is 2.22. The van der Waals surface area contributed by atoms with Crippen LogP contribution in [-0.4, -0.2) is 10.2 Å². The van der Waals surface area contributed by atoms with Gasteiger partial charge >= 0.3 is 0 Å². The van der Waals surface area contributed by atoms with Gasteiger partial charge in [-0.25, -0.2) is 4.39 Å². The van der Waals surface area contributed by atoms with Crippen molar-refractivity contribution < 1.29 is 9.18 Å². The van der Waals surface area contributed by atoms with E-state index in [4.69, 9.17) is 12.2 Å². The Bertz CT molecular complexity index is 815. The molecule has 3 rings (SSSR count). The molecule has 2 nitrogen and oxygen atoms in total. The van der Waals surface area contributed by atoms with Gasteiger partial charge in [0.25, 0.3) is 5.91 Å². The number of hydrogen-bond donors (Lipinski definition) is 1. The summed E-state index contributed by atoms with van der Waals surface area (Å²) < 4.78 is 14.7. The van der Waals surface area contributed by atoms with Crippen molar-refractivity contribution in [2.75, 3.05) is 0 Å². The largest absolute Gasteiger partial charge is 0.307 e. The van der Waals surface area contributed by atoms with Gasteiger partial charge in [0.2, 0.25) is 0 Å². The zero-order valence-electron chi connectivity index (χ0n) is 12.1. The van der Waals surface area contributed by atoms with Crippen LogP contribution >= 0.6 is 35.7 Å². The van der Waals surface area contributed by atoms with Crippen LogP contribution in [0.3, 0.4) is 0 Å². The number of hydrogen-bond acceptors (Lipinski definition) is 4. The zero-order chi connectivity index (χ0) is 16.4. The van der Waals surface area contributed by atoms with E-state index in [0.29, 0.717) is 19.7 Å². The lowest BCUT2D eigenvalue weighted by Gasteiger charge is -2.05. The third kappa shape index (κ3) is 4.02. The van der Waals surface area contributed by atoms with E-state index in [9.17, 15) is 9.18 Å². The fourth-order valence-corrected chi connectivity index (χ4v) is 3.86. The number of amides is 1. The average Bonchev–Trinajstić information content (AvgIpc) is 2.82. The van der Waals surface area contributed by atoms with Crippen LogP contribution in [0.2, 0.25) is 0 Å². The zero-order valence-corrected chi connectivity index (χ0v) is 14.6. The molecule has 0 bridgehead atoms. The van der Waals surface area contributed by atoms with E-state index < -0.39 is 0 Å². The summed E-state index contributed by atoms with van der Waals surface area (Å²) in [5.41, 5.74) is 1.81. The summed E-state index contributed by atoms with van der Waals surface area (Å²) in [4.78, 5) is 13.6. The number of carbonyl (C=O) groups excluding carboxylic acids is 1. The van der Waals surface area contributed by atoms with Gasteiger partial charge in [0.05, 0.1) is 4.91 Å². The molecule has 1 amide bonds. The first-order chi connectivity index (χ1) is 11.0. The number of carbonyl (C=O) groups is 1. The molecule has 0 aromatic heterocycles. The third-order valence-electron chi connectivity index (χ3n) is 3.14. The summed E-state index contributed by atoms with van der Waals surface area (Å²) in [6.45, 7) is 2.01. The van der Waals surface area contributed by atoms with E-state index in [1.807, 2.05) is 31.2 Å². The Morgan fingerprint density at radius 3 is 2.57 bits per heavy atom. The first kappa shape index (κ1) is 16.2. The second-order valence-corrected chi connectivity index (χ2v) is 7.79. The fourth-order valence-electron chi connectivity index (χ4n) is 2.00. The van der Waals surface area contributed by atoms with Gasteiger partial charge < -0.3 is 5.32 Å². The van der Waals surface area contributed by atoms with Crippen LogP contribution in [0.4, 0.5) is 4.39 Å². The van der Waals surface area contributed by atoms with Crippen LogP contribution in [0.5, 0.6) is 0 Å². The monoisotopic (exact) mass is 361 g/mol. The average molecular weight is 361 g/mol. The molecule has 1 aliphatic rings. The van der Waals surface area contributed by atoms with Crippen molar-refractivity contribution in [3.63, 3.8) is 0 Å². The third-order valence-corrected chi connectivity index (χ3v) is 5.37. The Morgan fingerprint density at radius 2 is 1.96 bits per heavy atom. The SMILES string of the molecule is Cc1ccc(Sc2ccc(/C=C3\SC(=S)NC3=O)cc2F)cc1. The van der Waals surface area contributed by atoms with E-state index >= 15 is 0 Å².